The number of benzene rings is 2. The third-order valence-corrected chi connectivity index (χ3v) is 4.26. The average molecular weight is 358 g/mol. The van der Waals surface area contributed by atoms with E-state index in [-0.39, 0.29) is 11.7 Å². The lowest BCUT2D eigenvalue weighted by molar-refractivity contribution is -0.118. The van der Waals surface area contributed by atoms with Crippen molar-refractivity contribution >= 4 is 17.4 Å². The van der Waals surface area contributed by atoms with Gasteiger partial charge in [-0.2, -0.15) is 0 Å². The van der Waals surface area contributed by atoms with Gasteiger partial charge in [0.15, 0.2) is 0 Å². The van der Waals surface area contributed by atoms with Gasteiger partial charge in [0.05, 0.1) is 6.42 Å². The minimum atomic E-state index is -0.0542. The van der Waals surface area contributed by atoms with Crippen LogP contribution < -0.4 is 5.32 Å². The molecule has 0 saturated heterocycles. The van der Waals surface area contributed by atoms with Gasteiger partial charge >= 0.3 is 0 Å². The number of hydrogen-bond donors (Lipinski definition) is 1. The Labute approximate surface area is 159 Å². The van der Waals surface area contributed by atoms with Crippen LogP contribution in [-0.4, -0.2) is 16.7 Å². The number of ketones is 1. The van der Waals surface area contributed by atoms with E-state index in [0.29, 0.717) is 25.7 Å². The predicted molar refractivity (Wildman–Crippen MR) is 106 cm³/mol. The fourth-order valence-electron chi connectivity index (χ4n) is 2.84. The van der Waals surface area contributed by atoms with Crippen molar-refractivity contribution in [3.05, 3.63) is 95.8 Å². The quantitative estimate of drug-likeness (QED) is 0.662. The molecule has 4 nitrogen and oxygen atoms in total. The zero-order chi connectivity index (χ0) is 18.9. The van der Waals surface area contributed by atoms with Crippen LogP contribution in [0.2, 0.25) is 0 Å². The summed E-state index contributed by atoms with van der Waals surface area (Å²) in [5, 5.41) is 2.89. The largest absolute Gasteiger partial charge is 0.326 e. The van der Waals surface area contributed by atoms with Gasteiger partial charge in [-0.1, -0.05) is 48.5 Å². The van der Waals surface area contributed by atoms with Crippen molar-refractivity contribution in [1.82, 2.24) is 4.98 Å². The third-order valence-electron chi connectivity index (χ3n) is 4.26. The van der Waals surface area contributed by atoms with Crippen LogP contribution >= 0.6 is 0 Å². The molecule has 27 heavy (non-hydrogen) atoms. The summed E-state index contributed by atoms with van der Waals surface area (Å²) in [6.07, 6.45) is 5.47. The predicted octanol–water partition coefficient (Wildman–Crippen LogP) is 4.01. The number of nitrogens with one attached hydrogen (secondary N) is 1. The lowest BCUT2D eigenvalue weighted by atomic mass is 10.0. The van der Waals surface area contributed by atoms with Gasteiger partial charge in [-0.25, -0.2) is 0 Å². The van der Waals surface area contributed by atoms with Crippen LogP contribution in [0, 0.1) is 0 Å². The molecule has 0 aliphatic rings. The Balaban J connectivity index is 1.46. The average Bonchev–Trinajstić information content (AvgIpc) is 2.69. The second-order valence-electron chi connectivity index (χ2n) is 6.48. The molecule has 0 aliphatic heterocycles. The third kappa shape index (κ3) is 6.19. The van der Waals surface area contributed by atoms with E-state index in [1.807, 2.05) is 66.7 Å². The zero-order valence-corrected chi connectivity index (χ0v) is 15.1. The Kier molecular flexibility index (Phi) is 6.47. The number of hydrogen-bond acceptors (Lipinski definition) is 3. The van der Waals surface area contributed by atoms with E-state index in [1.54, 1.807) is 12.4 Å². The minimum absolute atomic E-state index is 0.0542. The van der Waals surface area contributed by atoms with Crippen LogP contribution in [0.25, 0.3) is 0 Å². The van der Waals surface area contributed by atoms with Crippen molar-refractivity contribution in [1.29, 1.82) is 0 Å². The van der Waals surface area contributed by atoms with Crippen LogP contribution in [0.1, 0.15) is 23.1 Å². The number of carbonyl (C=O) groups excluding carboxylic acids is 2. The number of anilines is 1. The smallest absolute Gasteiger partial charge is 0.228 e. The Hall–Kier alpha value is -3.27. The fraction of sp³-hybridized carbons (Fsp3) is 0.174. The van der Waals surface area contributed by atoms with Gasteiger partial charge in [0.1, 0.15) is 5.78 Å². The van der Waals surface area contributed by atoms with Crippen LogP contribution in [0.15, 0.2) is 79.1 Å². The molecule has 4 heteroatoms. The molecule has 0 radical (unpaired) electrons. The molecule has 0 aliphatic carbocycles. The summed E-state index contributed by atoms with van der Waals surface area (Å²) in [7, 11) is 0. The molecule has 1 N–H and O–H groups in total. The second kappa shape index (κ2) is 9.43. The number of aromatic nitrogens is 1. The number of Topliss-reactive ketones (excluding diaryl/α,β-unsaturated/α-hetero) is 1. The van der Waals surface area contributed by atoms with Crippen LogP contribution in [0.4, 0.5) is 5.69 Å². The van der Waals surface area contributed by atoms with E-state index in [2.05, 4.69) is 10.3 Å². The molecule has 2 aromatic carbocycles. The molecule has 0 spiro atoms. The molecule has 1 amide bonds. The lowest BCUT2D eigenvalue weighted by Gasteiger charge is -2.07. The summed E-state index contributed by atoms with van der Waals surface area (Å²) in [6, 6.07) is 20.9. The summed E-state index contributed by atoms with van der Waals surface area (Å²) < 4.78 is 0. The Morgan fingerprint density at radius 3 is 2.19 bits per heavy atom. The Morgan fingerprint density at radius 2 is 1.48 bits per heavy atom. The van der Waals surface area contributed by atoms with Crippen LogP contribution in [-0.2, 0) is 28.9 Å². The number of aryl methyl sites for hydroxylation is 1. The monoisotopic (exact) mass is 358 g/mol. The van der Waals surface area contributed by atoms with Crippen molar-refractivity contribution in [2.24, 2.45) is 0 Å². The molecular formula is C23H22N2O2. The summed E-state index contributed by atoms with van der Waals surface area (Å²) >= 11 is 0. The molecule has 0 atom stereocenters. The van der Waals surface area contributed by atoms with E-state index in [4.69, 9.17) is 0 Å². The highest BCUT2D eigenvalue weighted by molar-refractivity contribution is 5.92. The van der Waals surface area contributed by atoms with Gasteiger partial charge in [0.25, 0.3) is 0 Å². The summed E-state index contributed by atoms with van der Waals surface area (Å²) in [4.78, 5) is 28.3. The molecule has 3 aromatic rings. The molecule has 3 rings (SSSR count). The standard InChI is InChI=1S/C23H22N2O2/c26-22(13-10-20-7-4-14-24-17-20)15-19-8-11-21(12-9-19)25-23(27)16-18-5-2-1-3-6-18/h1-9,11-12,14,17H,10,13,15-16H2,(H,25,27). The van der Waals surface area contributed by atoms with Gasteiger partial charge < -0.3 is 5.32 Å². The number of pyridine rings is 1. The van der Waals surface area contributed by atoms with Gasteiger partial charge in [-0.05, 0) is 41.3 Å². The first-order valence-electron chi connectivity index (χ1n) is 9.02. The number of rotatable bonds is 8. The Bertz CT molecular complexity index is 875. The van der Waals surface area contributed by atoms with E-state index >= 15 is 0 Å². The first-order chi connectivity index (χ1) is 13.2. The molecule has 0 bridgehead atoms. The normalized spacial score (nSPS) is 10.4. The summed E-state index contributed by atoms with van der Waals surface area (Å²) in [5.74, 6) is 0.140. The second-order valence-corrected chi connectivity index (χ2v) is 6.48. The van der Waals surface area contributed by atoms with Crippen molar-refractivity contribution in [2.75, 3.05) is 5.32 Å². The highest BCUT2D eigenvalue weighted by Gasteiger charge is 2.07. The lowest BCUT2D eigenvalue weighted by Crippen LogP contribution is -2.14. The van der Waals surface area contributed by atoms with Gasteiger partial charge in [0.2, 0.25) is 5.91 Å². The maximum Gasteiger partial charge on any atom is 0.228 e. The highest BCUT2D eigenvalue weighted by Crippen LogP contribution is 2.12. The van der Waals surface area contributed by atoms with E-state index in [9.17, 15) is 9.59 Å². The summed E-state index contributed by atoms with van der Waals surface area (Å²) in [6.45, 7) is 0. The van der Waals surface area contributed by atoms with E-state index in [1.165, 1.54) is 0 Å². The zero-order valence-electron chi connectivity index (χ0n) is 15.1. The van der Waals surface area contributed by atoms with E-state index in [0.717, 1.165) is 22.4 Å². The van der Waals surface area contributed by atoms with E-state index < -0.39 is 0 Å². The van der Waals surface area contributed by atoms with Crippen LogP contribution in [0.3, 0.4) is 0 Å². The molecule has 1 heterocycles. The van der Waals surface area contributed by atoms with Gasteiger partial charge in [-0.3, -0.25) is 14.6 Å². The summed E-state index contributed by atoms with van der Waals surface area (Å²) in [5.41, 5.74) is 3.74. The van der Waals surface area contributed by atoms with Crippen molar-refractivity contribution in [2.45, 2.75) is 25.7 Å². The molecule has 1 aromatic heterocycles. The van der Waals surface area contributed by atoms with Crippen molar-refractivity contribution < 1.29 is 9.59 Å². The topological polar surface area (TPSA) is 59.1 Å². The van der Waals surface area contributed by atoms with Crippen molar-refractivity contribution in [3.8, 4) is 0 Å². The maximum atomic E-state index is 12.2. The molecule has 136 valence electrons. The molecular weight excluding hydrogens is 336 g/mol. The highest BCUT2D eigenvalue weighted by atomic mass is 16.1. The van der Waals surface area contributed by atoms with Crippen molar-refractivity contribution in [3.63, 3.8) is 0 Å². The van der Waals surface area contributed by atoms with Gasteiger partial charge in [-0.15, -0.1) is 0 Å². The van der Waals surface area contributed by atoms with Gasteiger partial charge in [0, 0.05) is 30.9 Å². The first-order valence-corrected chi connectivity index (χ1v) is 9.02. The Morgan fingerprint density at radius 1 is 0.778 bits per heavy atom. The molecule has 0 fully saturated rings. The fourth-order valence-corrected chi connectivity index (χ4v) is 2.84. The first kappa shape index (κ1) is 18.5. The number of amides is 1. The number of nitrogens with zero attached hydrogens (tertiary/aromatic N) is 1. The number of carbonyl (C=O) groups is 2. The maximum absolute atomic E-state index is 12.2. The SMILES string of the molecule is O=C(CCc1cccnc1)Cc1ccc(NC(=O)Cc2ccccc2)cc1. The van der Waals surface area contributed by atoms with Crippen LogP contribution in [0.5, 0.6) is 0 Å². The molecule has 0 unspecified atom stereocenters. The molecule has 0 saturated carbocycles. The minimum Gasteiger partial charge on any atom is -0.326 e.